The maximum Gasteiger partial charge on any atom is 0.240 e. The number of carbonyl (C=O) groups excluding carboxylic acids is 1. The molecule has 0 fully saturated rings. The summed E-state index contributed by atoms with van der Waals surface area (Å²) in [5, 5.41) is 5.94. The Bertz CT molecular complexity index is 503. The van der Waals surface area contributed by atoms with Crippen molar-refractivity contribution in [3.63, 3.8) is 0 Å². The zero-order valence-electron chi connectivity index (χ0n) is 15.4. The number of amides is 1. The third kappa shape index (κ3) is 14.9. The fraction of sp³-hybridized carbons (Fsp3) is 0.857. The minimum absolute atomic E-state index is 0. The molecular formula is C14H31IN4O4S. The van der Waals surface area contributed by atoms with E-state index in [2.05, 4.69) is 15.6 Å². The highest BCUT2D eigenvalue weighted by molar-refractivity contribution is 14.0. The Balaban J connectivity index is 0. The highest BCUT2D eigenvalue weighted by Gasteiger charge is 2.16. The Hall–Kier alpha value is -0.620. The van der Waals surface area contributed by atoms with Gasteiger partial charge in [0.1, 0.15) is 9.84 Å². The van der Waals surface area contributed by atoms with Crippen LogP contribution in [0.5, 0.6) is 0 Å². The number of rotatable bonds is 8. The van der Waals surface area contributed by atoms with E-state index in [4.69, 9.17) is 4.74 Å². The van der Waals surface area contributed by atoms with Crippen LogP contribution in [0.3, 0.4) is 0 Å². The lowest BCUT2D eigenvalue weighted by molar-refractivity contribution is -0.122. The number of nitrogens with zero attached hydrogens (tertiary/aromatic N) is 2. The molecule has 0 aliphatic rings. The first-order valence-corrected chi connectivity index (χ1v) is 9.49. The van der Waals surface area contributed by atoms with Gasteiger partial charge in [-0.15, -0.1) is 24.0 Å². The van der Waals surface area contributed by atoms with Crippen LogP contribution in [0.1, 0.15) is 20.8 Å². The maximum absolute atomic E-state index is 11.9. The Kier molecular flexibility index (Phi) is 12.7. The molecule has 1 amide bonds. The van der Waals surface area contributed by atoms with Crippen molar-refractivity contribution in [1.82, 2.24) is 15.5 Å². The normalized spacial score (nSPS) is 12.3. The van der Waals surface area contributed by atoms with E-state index in [0.717, 1.165) is 0 Å². The van der Waals surface area contributed by atoms with Crippen molar-refractivity contribution in [3.05, 3.63) is 0 Å². The van der Waals surface area contributed by atoms with E-state index in [1.807, 2.05) is 20.8 Å². The standard InChI is InChI=1S/C14H30N4O4S.HI/c1-14(2,3)17-12(19)11-18(5)13(15-4)16-7-8-22-9-10-23(6,20)21;/h7-11H2,1-6H3,(H,15,16)(H,17,19);1H. The van der Waals surface area contributed by atoms with Gasteiger partial charge >= 0.3 is 0 Å². The van der Waals surface area contributed by atoms with Gasteiger partial charge < -0.3 is 20.3 Å². The minimum Gasteiger partial charge on any atom is -0.379 e. The first-order valence-electron chi connectivity index (χ1n) is 7.43. The topological polar surface area (TPSA) is 100 Å². The summed E-state index contributed by atoms with van der Waals surface area (Å²) in [7, 11) is 0.400. The highest BCUT2D eigenvalue weighted by Crippen LogP contribution is 1.98. The summed E-state index contributed by atoms with van der Waals surface area (Å²) < 4.78 is 27.1. The SMILES string of the molecule is CN=C(NCCOCCS(C)(=O)=O)N(C)CC(=O)NC(C)(C)C.I. The summed E-state index contributed by atoms with van der Waals surface area (Å²) in [6, 6.07) is 0. The van der Waals surface area contributed by atoms with Gasteiger partial charge in [-0.05, 0) is 20.8 Å². The van der Waals surface area contributed by atoms with Crippen molar-refractivity contribution < 1.29 is 17.9 Å². The summed E-state index contributed by atoms with van der Waals surface area (Å²) in [6.45, 7) is 6.95. The van der Waals surface area contributed by atoms with Crippen LogP contribution >= 0.6 is 24.0 Å². The molecule has 0 heterocycles. The van der Waals surface area contributed by atoms with Crippen LogP contribution in [-0.4, -0.2) is 83.1 Å². The number of hydrogen-bond acceptors (Lipinski definition) is 5. The van der Waals surface area contributed by atoms with Crippen molar-refractivity contribution in [3.8, 4) is 0 Å². The molecule has 8 nitrogen and oxygen atoms in total. The van der Waals surface area contributed by atoms with Crippen LogP contribution in [0.15, 0.2) is 4.99 Å². The van der Waals surface area contributed by atoms with E-state index in [-0.39, 0.29) is 54.3 Å². The third-order valence-electron chi connectivity index (χ3n) is 2.60. The molecule has 24 heavy (non-hydrogen) atoms. The average Bonchev–Trinajstić information content (AvgIpc) is 2.33. The Morgan fingerprint density at radius 1 is 1.25 bits per heavy atom. The second-order valence-corrected chi connectivity index (χ2v) is 8.63. The number of nitrogens with one attached hydrogen (secondary N) is 2. The van der Waals surface area contributed by atoms with E-state index in [1.54, 1.807) is 19.0 Å². The lowest BCUT2D eigenvalue weighted by Crippen LogP contribution is -2.49. The number of likely N-dealkylation sites (N-methyl/N-ethyl adjacent to an activating group) is 1. The first kappa shape index (κ1) is 25.6. The molecule has 0 aromatic carbocycles. The van der Waals surface area contributed by atoms with Gasteiger partial charge in [0.2, 0.25) is 5.91 Å². The molecule has 0 spiro atoms. The van der Waals surface area contributed by atoms with Crippen molar-refractivity contribution in [2.24, 2.45) is 4.99 Å². The van der Waals surface area contributed by atoms with Gasteiger partial charge in [-0.2, -0.15) is 0 Å². The molecule has 0 saturated heterocycles. The predicted molar refractivity (Wildman–Crippen MR) is 108 cm³/mol. The third-order valence-corrected chi connectivity index (χ3v) is 3.50. The van der Waals surface area contributed by atoms with E-state index in [0.29, 0.717) is 19.1 Å². The molecule has 0 rings (SSSR count). The summed E-state index contributed by atoms with van der Waals surface area (Å²) in [5.41, 5.74) is -0.275. The summed E-state index contributed by atoms with van der Waals surface area (Å²) in [6.07, 6.45) is 1.17. The summed E-state index contributed by atoms with van der Waals surface area (Å²) >= 11 is 0. The highest BCUT2D eigenvalue weighted by atomic mass is 127. The molecule has 2 N–H and O–H groups in total. The number of ether oxygens (including phenoxy) is 1. The average molecular weight is 478 g/mol. The zero-order chi connectivity index (χ0) is 18.1. The molecule has 0 bridgehead atoms. The van der Waals surface area contributed by atoms with Crippen molar-refractivity contribution in [1.29, 1.82) is 0 Å². The van der Waals surface area contributed by atoms with Gasteiger partial charge in [0.25, 0.3) is 0 Å². The lowest BCUT2D eigenvalue weighted by atomic mass is 10.1. The van der Waals surface area contributed by atoms with E-state index < -0.39 is 9.84 Å². The van der Waals surface area contributed by atoms with Crippen LogP contribution < -0.4 is 10.6 Å². The number of halogens is 1. The van der Waals surface area contributed by atoms with Crippen LogP contribution in [0.4, 0.5) is 0 Å². The molecule has 0 saturated carbocycles. The zero-order valence-corrected chi connectivity index (χ0v) is 18.5. The van der Waals surface area contributed by atoms with Crippen LogP contribution in [-0.2, 0) is 19.4 Å². The number of sulfone groups is 1. The van der Waals surface area contributed by atoms with E-state index in [1.165, 1.54) is 6.26 Å². The second kappa shape index (κ2) is 11.9. The first-order chi connectivity index (χ1) is 10.4. The molecule has 0 aliphatic carbocycles. The Labute approximate surface area is 162 Å². The molecule has 0 unspecified atom stereocenters. The van der Waals surface area contributed by atoms with Crippen LogP contribution in [0, 0.1) is 0 Å². The Morgan fingerprint density at radius 3 is 2.29 bits per heavy atom. The van der Waals surface area contributed by atoms with Crippen molar-refractivity contribution in [2.45, 2.75) is 26.3 Å². The summed E-state index contributed by atoms with van der Waals surface area (Å²) in [4.78, 5) is 17.7. The number of guanidine groups is 1. The van der Waals surface area contributed by atoms with Crippen molar-refractivity contribution in [2.75, 3.05) is 52.4 Å². The van der Waals surface area contributed by atoms with Gasteiger partial charge in [0, 0.05) is 32.4 Å². The summed E-state index contributed by atoms with van der Waals surface area (Å²) in [5.74, 6) is 0.488. The van der Waals surface area contributed by atoms with Gasteiger partial charge in [-0.3, -0.25) is 9.79 Å². The molecule has 0 radical (unpaired) electrons. The molecule has 0 atom stereocenters. The second-order valence-electron chi connectivity index (χ2n) is 6.37. The Morgan fingerprint density at radius 2 is 1.83 bits per heavy atom. The molecule has 0 aromatic rings. The monoisotopic (exact) mass is 478 g/mol. The van der Waals surface area contributed by atoms with E-state index >= 15 is 0 Å². The lowest BCUT2D eigenvalue weighted by Gasteiger charge is -2.25. The van der Waals surface area contributed by atoms with Crippen molar-refractivity contribution >= 4 is 45.7 Å². The van der Waals surface area contributed by atoms with Crippen LogP contribution in [0.25, 0.3) is 0 Å². The smallest absolute Gasteiger partial charge is 0.240 e. The number of aliphatic imine (C=N–C) groups is 1. The van der Waals surface area contributed by atoms with Gasteiger partial charge in [-0.25, -0.2) is 8.42 Å². The minimum atomic E-state index is -3.00. The molecular weight excluding hydrogens is 447 g/mol. The van der Waals surface area contributed by atoms with Gasteiger partial charge in [0.15, 0.2) is 5.96 Å². The fourth-order valence-electron chi connectivity index (χ4n) is 1.68. The molecule has 0 aromatic heterocycles. The van der Waals surface area contributed by atoms with Gasteiger partial charge in [0.05, 0.1) is 25.5 Å². The van der Waals surface area contributed by atoms with E-state index in [9.17, 15) is 13.2 Å². The number of hydrogen-bond donors (Lipinski definition) is 2. The quantitative estimate of drug-likeness (QED) is 0.222. The molecule has 144 valence electrons. The number of carbonyl (C=O) groups is 1. The fourth-order valence-corrected chi connectivity index (χ4v) is 2.10. The predicted octanol–water partition coefficient (Wildman–Crippen LogP) is 0.0875. The molecule has 10 heteroatoms. The molecule has 0 aliphatic heterocycles. The largest absolute Gasteiger partial charge is 0.379 e. The van der Waals surface area contributed by atoms with Crippen LogP contribution in [0.2, 0.25) is 0 Å². The maximum atomic E-state index is 11.9. The van der Waals surface area contributed by atoms with Gasteiger partial charge in [-0.1, -0.05) is 0 Å².